The summed E-state index contributed by atoms with van der Waals surface area (Å²) in [6.07, 6.45) is -5.66. The molecule has 1 aliphatic heterocycles. The van der Waals surface area contributed by atoms with Crippen molar-refractivity contribution in [3.63, 3.8) is 0 Å². The van der Waals surface area contributed by atoms with E-state index in [0.29, 0.717) is 4.68 Å². The Kier molecular flexibility index (Phi) is 5.45. The Hall–Kier alpha value is -2.80. The summed E-state index contributed by atoms with van der Waals surface area (Å²) in [5, 5.41) is 3.75. The van der Waals surface area contributed by atoms with Crippen LogP contribution in [0.5, 0.6) is 0 Å². The summed E-state index contributed by atoms with van der Waals surface area (Å²) >= 11 is 5.78. The summed E-state index contributed by atoms with van der Waals surface area (Å²) in [4.78, 5) is 16.7. The molecule has 2 heterocycles. The molecule has 1 aromatic heterocycles. The minimum atomic E-state index is -4.74. The average Bonchev–Trinajstić information content (AvgIpc) is 2.99. The normalized spacial score (nSPS) is 16.8. The van der Waals surface area contributed by atoms with Crippen molar-refractivity contribution in [2.45, 2.75) is 45.1 Å². The molecule has 30 heavy (non-hydrogen) atoms. The summed E-state index contributed by atoms with van der Waals surface area (Å²) in [5.74, 6) is -0.710. The van der Waals surface area contributed by atoms with E-state index in [0.717, 1.165) is 11.0 Å². The molecule has 6 nitrogen and oxygen atoms in total. The lowest BCUT2D eigenvalue weighted by molar-refractivity contribution is -0.178. The summed E-state index contributed by atoms with van der Waals surface area (Å²) in [6.45, 7) is 11.3. The number of ether oxygens (including phenoxy) is 1. The summed E-state index contributed by atoms with van der Waals surface area (Å²) < 4.78 is 60.7. The molecule has 1 amide bonds. The standard InChI is InChI=1S/C19H17ClF4N4O2/c1-18(2,3)30-17(29)27-8-13-16(25-4)15(10-5-6-12(21)11(20)7-10)26-28(13)14(9-27)19(22,23)24/h5-7,14H,8-9H2,1-3H3. The molecule has 0 aliphatic carbocycles. The minimum absolute atomic E-state index is 0.0674. The lowest BCUT2D eigenvalue weighted by Gasteiger charge is -2.35. The second-order valence-corrected chi connectivity index (χ2v) is 8.15. The fourth-order valence-corrected chi connectivity index (χ4v) is 3.24. The molecule has 1 unspecified atom stereocenters. The van der Waals surface area contributed by atoms with Gasteiger partial charge in [0.1, 0.15) is 11.4 Å². The van der Waals surface area contributed by atoms with E-state index in [4.69, 9.17) is 22.9 Å². The number of rotatable bonds is 1. The monoisotopic (exact) mass is 444 g/mol. The Bertz CT molecular complexity index is 1040. The number of carbonyl (C=O) groups excluding carboxylic acids is 1. The highest BCUT2D eigenvalue weighted by atomic mass is 35.5. The fourth-order valence-electron chi connectivity index (χ4n) is 3.06. The molecule has 1 aliphatic rings. The summed E-state index contributed by atoms with van der Waals surface area (Å²) in [5.41, 5.74) is -1.03. The number of amides is 1. The number of nitrogens with zero attached hydrogens (tertiary/aromatic N) is 4. The molecule has 0 saturated heterocycles. The quantitative estimate of drug-likeness (QED) is 0.416. The predicted molar refractivity (Wildman–Crippen MR) is 101 cm³/mol. The largest absolute Gasteiger partial charge is 0.444 e. The van der Waals surface area contributed by atoms with Crippen LogP contribution in [0, 0.1) is 12.4 Å². The molecule has 11 heteroatoms. The molecule has 0 radical (unpaired) electrons. The number of benzene rings is 1. The van der Waals surface area contributed by atoms with Gasteiger partial charge in [-0.15, -0.1) is 0 Å². The van der Waals surface area contributed by atoms with Gasteiger partial charge in [0.15, 0.2) is 6.04 Å². The molecule has 0 N–H and O–H groups in total. The van der Waals surface area contributed by atoms with Crippen molar-refractivity contribution in [1.82, 2.24) is 14.7 Å². The van der Waals surface area contributed by atoms with Crippen LogP contribution >= 0.6 is 11.6 Å². The number of fused-ring (bicyclic) bond motifs is 1. The Morgan fingerprint density at radius 3 is 2.53 bits per heavy atom. The highest BCUT2D eigenvalue weighted by Crippen LogP contribution is 2.42. The smallest absolute Gasteiger partial charge is 0.412 e. The first kappa shape index (κ1) is 21.9. The molecule has 2 aromatic rings. The second kappa shape index (κ2) is 7.47. The molecule has 0 fully saturated rings. The first-order valence-corrected chi connectivity index (χ1v) is 9.18. The first-order valence-electron chi connectivity index (χ1n) is 8.80. The Morgan fingerprint density at radius 2 is 2.00 bits per heavy atom. The third kappa shape index (κ3) is 4.21. The van der Waals surface area contributed by atoms with E-state index in [-0.39, 0.29) is 34.2 Å². The highest BCUT2D eigenvalue weighted by molar-refractivity contribution is 6.31. The molecule has 0 bridgehead atoms. The van der Waals surface area contributed by atoms with E-state index in [1.807, 2.05) is 0 Å². The lowest BCUT2D eigenvalue weighted by atomic mass is 10.1. The Morgan fingerprint density at radius 1 is 1.33 bits per heavy atom. The van der Waals surface area contributed by atoms with Gasteiger partial charge in [-0.2, -0.15) is 18.3 Å². The fraction of sp³-hybridized carbons (Fsp3) is 0.421. The molecular weight excluding hydrogens is 428 g/mol. The lowest BCUT2D eigenvalue weighted by Crippen LogP contribution is -2.47. The van der Waals surface area contributed by atoms with E-state index in [9.17, 15) is 22.4 Å². The zero-order valence-corrected chi connectivity index (χ0v) is 17.0. The zero-order chi connectivity index (χ0) is 22.4. The van der Waals surface area contributed by atoms with E-state index < -0.39 is 36.3 Å². The number of aromatic nitrogens is 2. The maximum absolute atomic E-state index is 13.8. The van der Waals surface area contributed by atoms with Gasteiger partial charge in [0.05, 0.1) is 36.1 Å². The van der Waals surface area contributed by atoms with Crippen LogP contribution in [-0.2, 0) is 11.3 Å². The van der Waals surface area contributed by atoms with Crippen LogP contribution in [-0.4, -0.2) is 39.1 Å². The van der Waals surface area contributed by atoms with E-state index in [1.165, 1.54) is 12.1 Å². The maximum atomic E-state index is 13.8. The van der Waals surface area contributed by atoms with Gasteiger partial charge in [0.25, 0.3) is 0 Å². The van der Waals surface area contributed by atoms with Crippen LogP contribution in [0.25, 0.3) is 16.1 Å². The van der Waals surface area contributed by atoms with Gasteiger partial charge in [-0.25, -0.2) is 14.0 Å². The van der Waals surface area contributed by atoms with Gasteiger partial charge >= 0.3 is 12.3 Å². The van der Waals surface area contributed by atoms with Crippen molar-refractivity contribution >= 4 is 23.4 Å². The van der Waals surface area contributed by atoms with Crippen LogP contribution in [0.2, 0.25) is 5.02 Å². The maximum Gasteiger partial charge on any atom is 0.412 e. The van der Waals surface area contributed by atoms with Crippen molar-refractivity contribution in [3.8, 4) is 11.3 Å². The average molecular weight is 445 g/mol. The van der Waals surface area contributed by atoms with Gasteiger partial charge < -0.3 is 9.64 Å². The van der Waals surface area contributed by atoms with E-state index >= 15 is 0 Å². The number of carbonyl (C=O) groups is 1. The number of hydrogen-bond donors (Lipinski definition) is 0. The molecule has 160 valence electrons. The molecule has 3 rings (SSSR count). The van der Waals surface area contributed by atoms with Gasteiger partial charge in [-0.3, -0.25) is 4.68 Å². The van der Waals surface area contributed by atoms with Crippen LogP contribution in [0.3, 0.4) is 0 Å². The zero-order valence-electron chi connectivity index (χ0n) is 16.2. The van der Waals surface area contributed by atoms with Crippen molar-refractivity contribution in [3.05, 3.63) is 46.2 Å². The third-order valence-electron chi connectivity index (χ3n) is 4.35. The summed E-state index contributed by atoms with van der Waals surface area (Å²) in [6, 6.07) is 1.34. The molecule has 0 saturated carbocycles. The van der Waals surface area contributed by atoms with Gasteiger partial charge in [-0.1, -0.05) is 17.7 Å². The van der Waals surface area contributed by atoms with Gasteiger partial charge in [-0.05, 0) is 38.5 Å². The first-order chi connectivity index (χ1) is 13.8. The number of hydrogen-bond acceptors (Lipinski definition) is 3. The Labute approximate surface area is 174 Å². The predicted octanol–water partition coefficient (Wildman–Crippen LogP) is 5.75. The molecule has 0 spiro atoms. The highest BCUT2D eigenvalue weighted by Gasteiger charge is 2.48. The second-order valence-electron chi connectivity index (χ2n) is 7.75. The summed E-state index contributed by atoms with van der Waals surface area (Å²) in [7, 11) is 0. The molecule has 1 atom stereocenters. The molecular formula is C19H17ClF4N4O2. The van der Waals surface area contributed by atoms with Crippen LogP contribution in [0.4, 0.5) is 28.0 Å². The van der Waals surface area contributed by atoms with Crippen LogP contribution in [0.15, 0.2) is 18.2 Å². The SMILES string of the molecule is [C-]#[N+]c1c(-c2ccc(F)c(Cl)c2)nn2c1CN(C(=O)OC(C)(C)C)CC2C(F)(F)F. The van der Waals surface area contributed by atoms with E-state index in [1.54, 1.807) is 20.8 Å². The van der Waals surface area contributed by atoms with Crippen LogP contribution < -0.4 is 0 Å². The van der Waals surface area contributed by atoms with E-state index in [2.05, 4.69) is 9.94 Å². The Balaban J connectivity index is 2.12. The third-order valence-corrected chi connectivity index (χ3v) is 4.64. The molecule has 1 aromatic carbocycles. The number of halogens is 5. The number of alkyl halides is 3. The van der Waals surface area contributed by atoms with Crippen molar-refractivity contribution in [2.24, 2.45) is 0 Å². The van der Waals surface area contributed by atoms with Crippen molar-refractivity contribution < 1.29 is 27.1 Å². The van der Waals surface area contributed by atoms with Gasteiger partial charge in [0.2, 0.25) is 5.69 Å². The van der Waals surface area contributed by atoms with Crippen LogP contribution in [0.1, 0.15) is 32.5 Å². The van der Waals surface area contributed by atoms with Crippen molar-refractivity contribution in [2.75, 3.05) is 6.54 Å². The minimum Gasteiger partial charge on any atom is -0.444 e. The topological polar surface area (TPSA) is 51.7 Å². The van der Waals surface area contributed by atoms with Gasteiger partial charge in [0, 0.05) is 0 Å². The van der Waals surface area contributed by atoms with Crippen molar-refractivity contribution in [1.29, 1.82) is 0 Å².